The zero-order chi connectivity index (χ0) is 16.5. The minimum absolute atomic E-state index is 0. The summed E-state index contributed by atoms with van der Waals surface area (Å²) in [6.45, 7) is 5.39. The highest BCUT2D eigenvalue weighted by molar-refractivity contribution is 5.90. The molecule has 0 aromatic heterocycles. The second-order valence-electron chi connectivity index (χ2n) is 6.20. The van der Waals surface area contributed by atoms with Crippen LogP contribution in [0.25, 0.3) is 0 Å². The van der Waals surface area contributed by atoms with Gasteiger partial charge in [0.2, 0.25) is 5.91 Å². The molecular weight excluding hydrogens is 328 g/mol. The Bertz CT molecular complexity index is 476. The van der Waals surface area contributed by atoms with Crippen LogP contribution in [-0.2, 0) is 9.53 Å². The summed E-state index contributed by atoms with van der Waals surface area (Å²) in [5.74, 6) is 1.86. The molecule has 0 aliphatic carbocycles. The lowest BCUT2D eigenvalue weighted by Gasteiger charge is -2.28. The van der Waals surface area contributed by atoms with Crippen molar-refractivity contribution in [2.45, 2.75) is 26.2 Å². The van der Waals surface area contributed by atoms with E-state index >= 15 is 0 Å². The van der Waals surface area contributed by atoms with E-state index in [0.29, 0.717) is 31.5 Å². The van der Waals surface area contributed by atoms with E-state index in [4.69, 9.17) is 9.47 Å². The fraction of sp³-hybridized carbons (Fsp3) is 0.611. The van der Waals surface area contributed by atoms with Crippen LogP contribution in [0.5, 0.6) is 5.75 Å². The lowest BCUT2D eigenvalue weighted by Crippen LogP contribution is -2.34. The van der Waals surface area contributed by atoms with Crippen LogP contribution in [0.3, 0.4) is 0 Å². The Labute approximate surface area is 150 Å². The molecule has 1 aliphatic rings. The van der Waals surface area contributed by atoms with Gasteiger partial charge in [-0.3, -0.25) is 4.79 Å². The molecule has 1 aromatic carbocycles. The monoisotopic (exact) mass is 356 g/mol. The van der Waals surface area contributed by atoms with Gasteiger partial charge in [-0.25, -0.2) is 0 Å². The number of benzene rings is 1. The Morgan fingerprint density at radius 2 is 2.08 bits per heavy atom. The summed E-state index contributed by atoms with van der Waals surface area (Å²) in [6.07, 6.45) is 2.99. The standard InChI is InChI=1S/C18H28N2O3.ClH/c1-14(15-4-3-9-19-13-15)12-18(21)20-16-5-7-17(8-6-16)23-11-10-22-2;/h5-8,14-15,19H,3-4,9-13H2,1-2H3,(H,20,21);1H. The van der Waals surface area contributed by atoms with E-state index in [0.717, 1.165) is 24.5 Å². The van der Waals surface area contributed by atoms with E-state index in [2.05, 4.69) is 17.6 Å². The fourth-order valence-electron chi connectivity index (χ4n) is 2.91. The van der Waals surface area contributed by atoms with Gasteiger partial charge in [-0.15, -0.1) is 12.4 Å². The molecule has 0 bridgehead atoms. The molecule has 2 N–H and O–H groups in total. The Balaban J connectivity index is 0.00000288. The van der Waals surface area contributed by atoms with E-state index in [1.807, 2.05) is 24.3 Å². The van der Waals surface area contributed by atoms with E-state index in [-0.39, 0.29) is 18.3 Å². The average molecular weight is 357 g/mol. The summed E-state index contributed by atoms with van der Waals surface area (Å²) < 4.78 is 10.4. The van der Waals surface area contributed by atoms with E-state index < -0.39 is 0 Å². The lowest BCUT2D eigenvalue weighted by atomic mass is 9.85. The van der Waals surface area contributed by atoms with Gasteiger partial charge in [0.1, 0.15) is 12.4 Å². The normalized spacial score (nSPS) is 18.3. The van der Waals surface area contributed by atoms with Gasteiger partial charge < -0.3 is 20.1 Å². The van der Waals surface area contributed by atoms with Crippen molar-refractivity contribution in [2.75, 3.05) is 38.7 Å². The second-order valence-corrected chi connectivity index (χ2v) is 6.20. The van der Waals surface area contributed by atoms with Crippen molar-refractivity contribution in [1.82, 2.24) is 5.32 Å². The average Bonchev–Trinajstić information content (AvgIpc) is 2.57. The van der Waals surface area contributed by atoms with Gasteiger partial charge in [0, 0.05) is 19.2 Å². The fourth-order valence-corrected chi connectivity index (χ4v) is 2.91. The summed E-state index contributed by atoms with van der Waals surface area (Å²) >= 11 is 0. The van der Waals surface area contributed by atoms with Gasteiger partial charge in [-0.1, -0.05) is 6.92 Å². The Kier molecular flexibility index (Phi) is 9.76. The van der Waals surface area contributed by atoms with Gasteiger partial charge in [-0.2, -0.15) is 0 Å². The van der Waals surface area contributed by atoms with Crippen molar-refractivity contribution >= 4 is 24.0 Å². The quantitative estimate of drug-likeness (QED) is 0.703. The number of amides is 1. The minimum Gasteiger partial charge on any atom is -0.491 e. The first-order valence-corrected chi connectivity index (χ1v) is 8.41. The van der Waals surface area contributed by atoms with E-state index in [1.54, 1.807) is 7.11 Å². The van der Waals surface area contributed by atoms with Crippen molar-refractivity contribution in [3.05, 3.63) is 24.3 Å². The predicted octanol–water partition coefficient (Wildman–Crippen LogP) is 3.10. The lowest BCUT2D eigenvalue weighted by molar-refractivity contribution is -0.117. The summed E-state index contributed by atoms with van der Waals surface area (Å²) in [7, 11) is 1.65. The maximum absolute atomic E-state index is 12.2. The number of piperidine rings is 1. The van der Waals surface area contributed by atoms with Crippen molar-refractivity contribution < 1.29 is 14.3 Å². The molecule has 6 heteroatoms. The highest BCUT2D eigenvalue weighted by Crippen LogP contribution is 2.23. The van der Waals surface area contributed by atoms with Crippen LogP contribution in [0.2, 0.25) is 0 Å². The predicted molar refractivity (Wildman–Crippen MR) is 99.1 cm³/mol. The Morgan fingerprint density at radius 1 is 1.33 bits per heavy atom. The molecule has 2 rings (SSSR count). The number of hydrogen-bond donors (Lipinski definition) is 2. The van der Waals surface area contributed by atoms with Gasteiger partial charge in [-0.05, 0) is 62.0 Å². The molecule has 0 saturated carbocycles. The Morgan fingerprint density at radius 3 is 2.71 bits per heavy atom. The van der Waals surface area contributed by atoms with Crippen molar-refractivity contribution in [2.24, 2.45) is 11.8 Å². The second kappa shape index (κ2) is 11.3. The van der Waals surface area contributed by atoms with Crippen molar-refractivity contribution in [3.8, 4) is 5.75 Å². The van der Waals surface area contributed by atoms with Crippen LogP contribution in [0.15, 0.2) is 24.3 Å². The first kappa shape index (κ1) is 20.7. The van der Waals surface area contributed by atoms with Crippen LogP contribution in [0.4, 0.5) is 5.69 Å². The van der Waals surface area contributed by atoms with E-state index in [1.165, 1.54) is 12.8 Å². The molecule has 1 heterocycles. The number of nitrogens with one attached hydrogen (secondary N) is 2. The molecule has 136 valence electrons. The SMILES string of the molecule is COCCOc1ccc(NC(=O)CC(C)C2CCCNC2)cc1.Cl. The van der Waals surface area contributed by atoms with Crippen LogP contribution in [0.1, 0.15) is 26.2 Å². The third-order valence-corrected chi connectivity index (χ3v) is 4.34. The molecule has 5 nitrogen and oxygen atoms in total. The van der Waals surface area contributed by atoms with Crippen LogP contribution >= 0.6 is 12.4 Å². The molecule has 0 spiro atoms. The zero-order valence-electron chi connectivity index (χ0n) is 14.5. The number of methoxy groups -OCH3 is 1. The first-order chi connectivity index (χ1) is 11.2. The van der Waals surface area contributed by atoms with Gasteiger partial charge >= 0.3 is 0 Å². The van der Waals surface area contributed by atoms with Gasteiger partial charge in [0.05, 0.1) is 6.61 Å². The van der Waals surface area contributed by atoms with Crippen LogP contribution < -0.4 is 15.4 Å². The smallest absolute Gasteiger partial charge is 0.224 e. The molecule has 1 fully saturated rings. The molecule has 24 heavy (non-hydrogen) atoms. The maximum Gasteiger partial charge on any atom is 0.224 e. The summed E-state index contributed by atoms with van der Waals surface area (Å²) in [6, 6.07) is 7.46. The van der Waals surface area contributed by atoms with Gasteiger partial charge in [0.25, 0.3) is 0 Å². The van der Waals surface area contributed by atoms with Crippen LogP contribution in [0, 0.1) is 11.8 Å². The number of halogens is 1. The zero-order valence-corrected chi connectivity index (χ0v) is 15.4. The highest BCUT2D eigenvalue weighted by Gasteiger charge is 2.21. The summed E-state index contributed by atoms with van der Waals surface area (Å²) in [5, 5.41) is 6.38. The summed E-state index contributed by atoms with van der Waals surface area (Å²) in [5.41, 5.74) is 0.808. The van der Waals surface area contributed by atoms with Gasteiger partial charge in [0.15, 0.2) is 0 Å². The topological polar surface area (TPSA) is 59.6 Å². The minimum atomic E-state index is 0. The molecule has 2 unspecified atom stereocenters. The molecule has 2 atom stereocenters. The number of hydrogen-bond acceptors (Lipinski definition) is 4. The van der Waals surface area contributed by atoms with Crippen molar-refractivity contribution in [3.63, 3.8) is 0 Å². The van der Waals surface area contributed by atoms with E-state index in [9.17, 15) is 4.79 Å². The highest BCUT2D eigenvalue weighted by atomic mass is 35.5. The van der Waals surface area contributed by atoms with Crippen LogP contribution in [-0.4, -0.2) is 39.3 Å². The third-order valence-electron chi connectivity index (χ3n) is 4.34. The number of carbonyl (C=O) groups excluding carboxylic acids is 1. The molecular formula is C18H29ClN2O3. The number of ether oxygens (including phenoxy) is 2. The van der Waals surface area contributed by atoms with Crippen molar-refractivity contribution in [1.29, 1.82) is 0 Å². The number of anilines is 1. The molecule has 0 radical (unpaired) electrons. The number of rotatable bonds is 8. The maximum atomic E-state index is 12.2. The Hall–Kier alpha value is -1.30. The summed E-state index contributed by atoms with van der Waals surface area (Å²) in [4.78, 5) is 12.2. The molecule has 1 aromatic rings. The molecule has 1 saturated heterocycles. The number of carbonyl (C=O) groups is 1. The molecule has 1 amide bonds. The molecule has 1 aliphatic heterocycles. The third kappa shape index (κ3) is 7.07. The first-order valence-electron chi connectivity index (χ1n) is 8.41. The largest absolute Gasteiger partial charge is 0.491 e.